The zero-order valence-corrected chi connectivity index (χ0v) is 9.73. The number of rotatable bonds is 3. The third kappa shape index (κ3) is 1.79. The fourth-order valence-corrected chi connectivity index (χ4v) is 1.78. The molecule has 0 radical (unpaired) electrons. The first-order valence-corrected chi connectivity index (χ1v) is 5.27. The zero-order valence-electron chi connectivity index (χ0n) is 9.73. The van der Waals surface area contributed by atoms with Crippen molar-refractivity contribution in [1.82, 2.24) is 19.7 Å². The molecule has 0 saturated heterocycles. The van der Waals surface area contributed by atoms with Gasteiger partial charge in [0.15, 0.2) is 0 Å². The summed E-state index contributed by atoms with van der Waals surface area (Å²) in [5.41, 5.74) is 3.40. The molecule has 1 atom stereocenters. The van der Waals surface area contributed by atoms with E-state index in [0.717, 1.165) is 17.0 Å². The number of imidazole rings is 1. The van der Waals surface area contributed by atoms with Gasteiger partial charge in [-0.3, -0.25) is 4.40 Å². The van der Waals surface area contributed by atoms with E-state index in [4.69, 9.17) is 0 Å². The molecule has 5 nitrogen and oxygen atoms in total. The largest absolute Gasteiger partial charge is 0.385 e. The Labute approximate surface area is 94.2 Å². The molecule has 2 rings (SSSR count). The van der Waals surface area contributed by atoms with E-state index in [1.54, 1.807) is 13.4 Å². The van der Waals surface area contributed by atoms with Crippen LogP contribution in [0.2, 0.25) is 0 Å². The van der Waals surface area contributed by atoms with Crippen molar-refractivity contribution in [2.75, 3.05) is 13.6 Å². The van der Waals surface area contributed by atoms with E-state index in [1.165, 1.54) is 0 Å². The number of hydrogen-bond acceptors (Lipinski definition) is 4. The van der Waals surface area contributed by atoms with Gasteiger partial charge in [-0.2, -0.15) is 0 Å². The van der Waals surface area contributed by atoms with E-state index in [9.17, 15) is 5.11 Å². The minimum atomic E-state index is -0.579. The Morgan fingerprint density at radius 2 is 2.25 bits per heavy atom. The first kappa shape index (κ1) is 11.0. The Bertz CT molecular complexity index is 506. The fraction of sp³-hybridized carbons (Fsp3) is 0.455. The minimum absolute atomic E-state index is 0.497. The molecule has 0 aliphatic carbocycles. The van der Waals surface area contributed by atoms with Crippen LogP contribution in [0.5, 0.6) is 0 Å². The zero-order chi connectivity index (χ0) is 11.7. The molecule has 0 amide bonds. The quantitative estimate of drug-likeness (QED) is 0.795. The number of hydrogen-bond donors (Lipinski definition) is 2. The summed E-state index contributed by atoms with van der Waals surface area (Å²) in [6.07, 6.45) is 1.16. The number of fused-ring (bicyclic) bond motifs is 1. The number of aliphatic hydroxyl groups is 1. The molecule has 86 valence electrons. The average Bonchev–Trinajstić information content (AvgIpc) is 2.56. The van der Waals surface area contributed by atoms with Gasteiger partial charge in [-0.1, -0.05) is 0 Å². The summed E-state index contributed by atoms with van der Waals surface area (Å²) in [5, 5.41) is 12.8. The van der Waals surface area contributed by atoms with Gasteiger partial charge in [-0.05, 0) is 20.9 Å². The molecule has 0 aromatic carbocycles. The molecule has 2 N–H and O–H groups in total. The van der Waals surface area contributed by atoms with E-state index in [-0.39, 0.29) is 0 Å². The minimum Gasteiger partial charge on any atom is -0.385 e. The van der Waals surface area contributed by atoms with E-state index >= 15 is 0 Å². The maximum Gasteiger partial charge on any atom is 0.140 e. The van der Waals surface area contributed by atoms with Crippen LogP contribution in [0.1, 0.15) is 23.2 Å². The van der Waals surface area contributed by atoms with Gasteiger partial charge in [0.1, 0.15) is 18.1 Å². The van der Waals surface area contributed by atoms with Gasteiger partial charge in [0.25, 0.3) is 0 Å². The van der Waals surface area contributed by atoms with Crippen LogP contribution in [0, 0.1) is 13.8 Å². The first-order chi connectivity index (χ1) is 7.63. The highest BCUT2D eigenvalue weighted by atomic mass is 16.3. The van der Waals surface area contributed by atoms with E-state index < -0.39 is 6.10 Å². The standard InChI is InChI=1S/C11H16N4O/c1-7-4-10-14-11(9(16)5-12-3)8(2)15(10)6-13-7/h4,6,9,12,16H,5H2,1-3H3. The summed E-state index contributed by atoms with van der Waals surface area (Å²) in [6.45, 7) is 4.36. The third-order valence-corrected chi connectivity index (χ3v) is 2.64. The molecular weight excluding hydrogens is 204 g/mol. The predicted molar refractivity (Wildman–Crippen MR) is 61.3 cm³/mol. The summed E-state index contributed by atoms with van der Waals surface area (Å²) in [6, 6.07) is 1.91. The lowest BCUT2D eigenvalue weighted by atomic mass is 10.2. The molecule has 0 spiro atoms. The summed E-state index contributed by atoms with van der Waals surface area (Å²) >= 11 is 0. The van der Waals surface area contributed by atoms with E-state index in [2.05, 4.69) is 15.3 Å². The second-order valence-electron chi connectivity index (χ2n) is 3.91. The highest BCUT2D eigenvalue weighted by Gasteiger charge is 2.15. The van der Waals surface area contributed by atoms with Gasteiger partial charge in [0.2, 0.25) is 0 Å². The van der Waals surface area contributed by atoms with Crippen LogP contribution >= 0.6 is 0 Å². The van der Waals surface area contributed by atoms with Crippen molar-refractivity contribution >= 4 is 5.65 Å². The van der Waals surface area contributed by atoms with Crippen molar-refractivity contribution in [2.24, 2.45) is 0 Å². The Hall–Kier alpha value is -1.46. The molecule has 0 bridgehead atoms. The number of aryl methyl sites for hydroxylation is 2. The van der Waals surface area contributed by atoms with Crippen molar-refractivity contribution in [3.05, 3.63) is 29.5 Å². The van der Waals surface area contributed by atoms with Crippen LogP contribution < -0.4 is 5.32 Å². The predicted octanol–water partition coefficient (Wildman–Crippen LogP) is 0.599. The van der Waals surface area contributed by atoms with Crippen LogP contribution in [0.25, 0.3) is 5.65 Å². The van der Waals surface area contributed by atoms with Crippen molar-refractivity contribution in [1.29, 1.82) is 0 Å². The lowest BCUT2D eigenvalue weighted by molar-refractivity contribution is 0.173. The summed E-state index contributed by atoms with van der Waals surface area (Å²) < 4.78 is 1.89. The molecule has 1 unspecified atom stereocenters. The van der Waals surface area contributed by atoms with Gasteiger partial charge < -0.3 is 10.4 Å². The SMILES string of the molecule is CNCC(O)c1nc2cc(C)ncn2c1C. The smallest absolute Gasteiger partial charge is 0.140 e. The van der Waals surface area contributed by atoms with Crippen molar-refractivity contribution in [2.45, 2.75) is 20.0 Å². The van der Waals surface area contributed by atoms with E-state index in [1.807, 2.05) is 24.3 Å². The topological polar surface area (TPSA) is 62.5 Å². The van der Waals surface area contributed by atoms with Crippen LogP contribution in [0.3, 0.4) is 0 Å². The van der Waals surface area contributed by atoms with Gasteiger partial charge in [-0.25, -0.2) is 9.97 Å². The second kappa shape index (κ2) is 4.19. The third-order valence-electron chi connectivity index (χ3n) is 2.64. The highest BCUT2D eigenvalue weighted by Crippen LogP contribution is 2.18. The Balaban J connectivity index is 2.51. The van der Waals surface area contributed by atoms with Crippen LogP contribution in [-0.2, 0) is 0 Å². The molecule has 0 saturated carbocycles. The summed E-state index contributed by atoms with van der Waals surface area (Å²) in [7, 11) is 1.81. The Kier molecular flexibility index (Phi) is 2.89. The molecule has 16 heavy (non-hydrogen) atoms. The number of aromatic nitrogens is 3. The highest BCUT2D eigenvalue weighted by molar-refractivity contribution is 5.43. The van der Waals surface area contributed by atoms with Gasteiger partial charge in [0, 0.05) is 24.0 Å². The summed E-state index contributed by atoms with van der Waals surface area (Å²) in [4.78, 5) is 8.64. The molecule has 2 aromatic heterocycles. The maximum absolute atomic E-state index is 9.91. The molecular formula is C11H16N4O. The molecule has 5 heteroatoms. The molecule has 0 aliphatic rings. The van der Waals surface area contributed by atoms with Crippen LogP contribution in [-0.4, -0.2) is 33.1 Å². The van der Waals surface area contributed by atoms with Gasteiger partial charge in [-0.15, -0.1) is 0 Å². The number of aliphatic hydroxyl groups excluding tert-OH is 1. The number of nitrogens with zero attached hydrogens (tertiary/aromatic N) is 3. The maximum atomic E-state index is 9.91. The molecule has 2 heterocycles. The number of likely N-dealkylation sites (N-methyl/N-ethyl adjacent to an activating group) is 1. The van der Waals surface area contributed by atoms with Gasteiger partial charge in [0.05, 0.1) is 5.69 Å². The normalized spacial score (nSPS) is 13.2. The second-order valence-corrected chi connectivity index (χ2v) is 3.91. The average molecular weight is 220 g/mol. The van der Waals surface area contributed by atoms with Crippen LogP contribution in [0.15, 0.2) is 12.4 Å². The van der Waals surface area contributed by atoms with Crippen LogP contribution in [0.4, 0.5) is 0 Å². The van der Waals surface area contributed by atoms with Crippen molar-refractivity contribution in [3.8, 4) is 0 Å². The first-order valence-electron chi connectivity index (χ1n) is 5.27. The fourth-order valence-electron chi connectivity index (χ4n) is 1.78. The van der Waals surface area contributed by atoms with E-state index in [0.29, 0.717) is 12.2 Å². The lowest BCUT2D eigenvalue weighted by Crippen LogP contribution is -2.17. The monoisotopic (exact) mass is 220 g/mol. The Morgan fingerprint density at radius 3 is 2.94 bits per heavy atom. The lowest BCUT2D eigenvalue weighted by Gasteiger charge is -2.07. The van der Waals surface area contributed by atoms with Crippen molar-refractivity contribution in [3.63, 3.8) is 0 Å². The van der Waals surface area contributed by atoms with Gasteiger partial charge >= 0.3 is 0 Å². The Morgan fingerprint density at radius 1 is 1.50 bits per heavy atom. The molecule has 0 aliphatic heterocycles. The molecule has 0 fully saturated rings. The van der Waals surface area contributed by atoms with Crippen molar-refractivity contribution < 1.29 is 5.11 Å². The number of nitrogens with one attached hydrogen (secondary N) is 1. The molecule has 2 aromatic rings. The summed E-state index contributed by atoms with van der Waals surface area (Å²) in [5.74, 6) is 0.